The second-order valence-electron chi connectivity index (χ2n) is 10.7. The summed E-state index contributed by atoms with van der Waals surface area (Å²) in [5.74, 6) is 0.553. The van der Waals surface area contributed by atoms with E-state index in [9.17, 15) is 4.79 Å². The molecule has 0 spiro atoms. The molecule has 1 amide bonds. The number of aromatic nitrogens is 3. The van der Waals surface area contributed by atoms with E-state index in [1.165, 1.54) is 24.9 Å². The first-order valence-corrected chi connectivity index (χ1v) is 13.5. The molecular formula is C28H36N6O3. The lowest BCUT2D eigenvalue weighted by Crippen LogP contribution is -2.51. The molecule has 3 aromatic rings. The summed E-state index contributed by atoms with van der Waals surface area (Å²) < 4.78 is 12.5. The zero-order valence-electron chi connectivity index (χ0n) is 21.8. The summed E-state index contributed by atoms with van der Waals surface area (Å²) in [5, 5.41) is 4.55. The Morgan fingerprint density at radius 2 is 1.95 bits per heavy atom. The lowest BCUT2D eigenvalue weighted by Gasteiger charge is -2.37. The number of carbonyl (C=O) groups excluding carboxylic acids is 1. The van der Waals surface area contributed by atoms with Gasteiger partial charge in [-0.25, -0.2) is 9.31 Å². The Hall–Kier alpha value is -3.17. The largest absolute Gasteiger partial charge is 0.441 e. The van der Waals surface area contributed by atoms with E-state index in [-0.39, 0.29) is 12.2 Å². The second kappa shape index (κ2) is 10.3. The molecule has 0 unspecified atom stereocenters. The van der Waals surface area contributed by atoms with E-state index in [1.807, 2.05) is 10.7 Å². The Labute approximate surface area is 218 Å². The van der Waals surface area contributed by atoms with Crippen LogP contribution in [0.25, 0.3) is 16.8 Å². The molecule has 0 bridgehead atoms. The normalized spacial score (nSPS) is 21.4. The molecule has 6 rings (SSSR count). The summed E-state index contributed by atoms with van der Waals surface area (Å²) in [5.41, 5.74) is 5.52. The molecule has 0 saturated carbocycles. The molecule has 196 valence electrons. The molecule has 37 heavy (non-hydrogen) atoms. The number of piperidine rings is 1. The number of likely N-dealkylation sites (tertiary alicyclic amines) is 1. The van der Waals surface area contributed by atoms with E-state index in [4.69, 9.17) is 14.5 Å². The molecule has 3 fully saturated rings. The average molecular weight is 505 g/mol. The van der Waals surface area contributed by atoms with Crippen molar-refractivity contribution >= 4 is 17.3 Å². The van der Waals surface area contributed by atoms with Crippen LogP contribution in [-0.2, 0) is 9.47 Å². The molecule has 9 nitrogen and oxygen atoms in total. The van der Waals surface area contributed by atoms with Crippen molar-refractivity contribution < 1.29 is 14.3 Å². The Morgan fingerprint density at radius 3 is 2.65 bits per heavy atom. The highest BCUT2D eigenvalue weighted by atomic mass is 16.6. The van der Waals surface area contributed by atoms with Gasteiger partial charge in [-0.2, -0.15) is 5.10 Å². The molecule has 0 radical (unpaired) electrons. The van der Waals surface area contributed by atoms with Gasteiger partial charge in [-0.3, -0.25) is 4.98 Å². The van der Waals surface area contributed by atoms with Crippen LogP contribution in [0, 0.1) is 0 Å². The number of fused-ring (bicyclic) bond motifs is 1. The monoisotopic (exact) mass is 504 g/mol. The van der Waals surface area contributed by atoms with Crippen molar-refractivity contribution in [2.75, 3.05) is 57.4 Å². The summed E-state index contributed by atoms with van der Waals surface area (Å²) in [6.07, 6.45) is 8.10. The van der Waals surface area contributed by atoms with Crippen LogP contribution in [0.3, 0.4) is 0 Å². The SMILES string of the molecule is CC(C)N1CCC[C@H](c2ccc(-c3cc4c(N5CCN(C(=O)OC6COC6)CC5)ccnn4c3)nc2)C1. The van der Waals surface area contributed by atoms with Crippen molar-refractivity contribution in [1.29, 1.82) is 0 Å². The maximum absolute atomic E-state index is 12.4. The topological polar surface area (TPSA) is 75.4 Å². The van der Waals surface area contributed by atoms with Gasteiger partial charge in [-0.05, 0) is 62.9 Å². The highest BCUT2D eigenvalue weighted by Gasteiger charge is 2.29. The number of piperazine rings is 1. The summed E-state index contributed by atoms with van der Waals surface area (Å²) in [6, 6.07) is 9.21. The highest BCUT2D eigenvalue weighted by Crippen LogP contribution is 2.31. The fraction of sp³-hybridized carbons (Fsp3) is 0.536. The molecule has 0 aromatic carbocycles. The van der Waals surface area contributed by atoms with Crippen LogP contribution >= 0.6 is 0 Å². The minimum atomic E-state index is -0.238. The molecule has 3 aliphatic rings. The van der Waals surface area contributed by atoms with Crippen molar-refractivity contribution in [2.45, 2.75) is 44.8 Å². The first-order valence-electron chi connectivity index (χ1n) is 13.5. The number of amides is 1. The maximum atomic E-state index is 12.4. The fourth-order valence-electron chi connectivity index (χ4n) is 5.60. The van der Waals surface area contributed by atoms with E-state index in [2.05, 4.69) is 65.4 Å². The number of hydrogen-bond donors (Lipinski definition) is 0. The van der Waals surface area contributed by atoms with Crippen LogP contribution in [0.15, 0.2) is 42.9 Å². The van der Waals surface area contributed by atoms with Gasteiger partial charge in [0, 0.05) is 62.9 Å². The predicted molar refractivity (Wildman–Crippen MR) is 142 cm³/mol. The minimum absolute atomic E-state index is 0.0930. The van der Waals surface area contributed by atoms with E-state index in [0.717, 1.165) is 42.1 Å². The molecule has 0 aliphatic carbocycles. The van der Waals surface area contributed by atoms with Crippen LogP contribution in [-0.4, -0.2) is 95.1 Å². The molecular weight excluding hydrogens is 468 g/mol. The van der Waals surface area contributed by atoms with Gasteiger partial charge in [0.05, 0.1) is 30.1 Å². The van der Waals surface area contributed by atoms with Crippen molar-refractivity contribution in [3.63, 3.8) is 0 Å². The number of hydrogen-bond acceptors (Lipinski definition) is 7. The minimum Gasteiger partial charge on any atom is -0.441 e. The third kappa shape index (κ3) is 5.02. The summed E-state index contributed by atoms with van der Waals surface area (Å²) in [6.45, 7) is 10.6. The van der Waals surface area contributed by atoms with Gasteiger partial charge < -0.3 is 24.2 Å². The van der Waals surface area contributed by atoms with E-state index < -0.39 is 0 Å². The van der Waals surface area contributed by atoms with E-state index >= 15 is 0 Å². The lowest BCUT2D eigenvalue weighted by molar-refractivity contribution is -0.104. The van der Waals surface area contributed by atoms with Gasteiger partial charge in [0.1, 0.15) is 0 Å². The van der Waals surface area contributed by atoms with Crippen LogP contribution in [0.4, 0.5) is 10.5 Å². The molecule has 1 atom stereocenters. The van der Waals surface area contributed by atoms with Crippen molar-refractivity contribution in [3.8, 4) is 11.3 Å². The van der Waals surface area contributed by atoms with E-state index in [1.54, 1.807) is 4.90 Å². The zero-order chi connectivity index (χ0) is 25.4. The average Bonchev–Trinajstić information content (AvgIpc) is 3.35. The van der Waals surface area contributed by atoms with Crippen LogP contribution in [0.5, 0.6) is 0 Å². The van der Waals surface area contributed by atoms with Crippen molar-refractivity contribution in [3.05, 3.63) is 48.4 Å². The number of ether oxygens (including phenoxy) is 2. The Bertz CT molecular complexity index is 1230. The molecule has 3 aromatic heterocycles. The summed E-state index contributed by atoms with van der Waals surface area (Å²) >= 11 is 0. The molecule has 3 saturated heterocycles. The molecule has 6 heterocycles. The van der Waals surface area contributed by atoms with Crippen LogP contribution in [0.1, 0.15) is 38.2 Å². The highest BCUT2D eigenvalue weighted by molar-refractivity contribution is 5.79. The van der Waals surface area contributed by atoms with Crippen molar-refractivity contribution in [1.82, 2.24) is 24.4 Å². The quantitative estimate of drug-likeness (QED) is 0.525. The van der Waals surface area contributed by atoms with Gasteiger partial charge in [-0.1, -0.05) is 6.07 Å². The van der Waals surface area contributed by atoms with Gasteiger partial charge in [0.15, 0.2) is 6.10 Å². The van der Waals surface area contributed by atoms with Gasteiger partial charge in [0.25, 0.3) is 0 Å². The Balaban J connectivity index is 1.15. The third-order valence-corrected chi connectivity index (χ3v) is 7.98. The Kier molecular flexibility index (Phi) is 6.73. The number of pyridine rings is 1. The third-order valence-electron chi connectivity index (χ3n) is 7.98. The summed E-state index contributed by atoms with van der Waals surface area (Å²) in [4.78, 5) is 23.9. The van der Waals surface area contributed by atoms with Gasteiger partial charge in [0.2, 0.25) is 0 Å². The molecule has 0 N–H and O–H groups in total. The number of nitrogens with zero attached hydrogens (tertiary/aromatic N) is 6. The predicted octanol–water partition coefficient (Wildman–Crippen LogP) is 3.64. The lowest BCUT2D eigenvalue weighted by atomic mass is 9.91. The van der Waals surface area contributed by atoms with E-state index in [0.29, 0.717) is 38.3 Å². The van der Waals surface area contributed by atoms with Gasteiger partial charge in [-0.15, -0.1) is 0 Å². The number of anilines is 1. The number of carbonyl (C=O) groups is 1. The molecule has 3 aliphatic heterocycles. The standard InChI is InChI=1S/C28H36N6O3/c1-20(2)33-9-3-4-22(16-33)21-5-6-25(29-15-21)23-14-27-26(7-8-30-34(27)17-23)31-10-12-32(13-11-31)28(35)37-24-18-36-19-24/h5-8,14-15,17,20,22,24H,3-4,9-13,16,18-19H2,1-2H3/t22-/m0/s1. The number of rotatable bonds is 5. The van der Waals surface area contributed by atoms with Gasteiger partial charge >= 0.3 is 6.09 Å². The smallest absolute Gasteiger partial charge is 0.410 e. The zero-order valence-corrected chi connectivity index (χ0v) is 21.8. The van der Waals surface area contributed by atoms with Crippen molar-refractivity contribution in [2.24, 2.45) is 0 Å². The van der Waals surface area contributed by atoms with Crippen LogP contribution in [0.2, 0.25) is 0 Å². The van der Waals surface area contributed by atoms with Crippen LogP contribution < -0.4 is 4.90 Å². The first kappa shape index (κ1) is 24.2. The fourth-order valence-corrected chi connectivity index (χ4v) is 5.60. The second-order valence-corrected chi connectivity index (χ2v) is 10.7. The molecule has 9 heteroatoms. The maximum Gasteiger partial charge on any atom is 0.410 e. The first-order chi connectivity index (χ1) is 18.0. The Morgan fingerprint density at radius 1 is 1.11 bits per heavy atom. The summed E-state index contributed by atoms with van der Waals surface area (Å²) in [7, 11) is 0.